The number of rotatable bonds is 3. The summed E-state index contributed by atoms with van der Waals surface area (Å²) in [5.74, 6) is -6.90. The molecule has 0 aromatic heterocycles. The molecule has 1 aromatic carbocycles. The molecular weight excluding hydrogens is 231 g/mol. The molecule has 0 fully saturated rings. The van der Waals surface area contributed by atoms with Crippen molar-refractivity contribution in [1.82, 2.24) is 0 Å². The van der Waals surface area contributed by atoms with E-state index >= 15 is 0 Å². The summed E-state index contributed by atoms with van der Waals surface area (Å²) in [5, 5.41) is 10.4. The smallest absolute Gasteiger partial charge is 0.258 e. The highest BCUT2D eigenvalue weighted by atomic mass is 19.3. The van der Waals surface area contributed by atoms with Gasteiger partial charge in [-0.15, -0.1) is 0 Å². The summed E-state index contributed by atoms with van der Waals surface area (Å²) >= 11 is 0. The van der Waals surface area contributed by atoms with Crippen LogP contribution in [0.25, 0.3) is 0 Å². The second kappa shape index (κ2) is 4.17. The fraction of sp³-hybridized carbons (Fsp3) is 0.125. The van der Waals surface area contributed by atoms with Crippen LogP contribution in [0.1, 0.15) is 5.56 Å². The van der Waals surface area contributed by atoms with E-state index in [0.717, 1.165) is 18.2 Å². The summed E-state index contributed by atoms with van der Waals surface area (Å²) in [5.41, 5.74) is -2.21. The first-order valence-electron chi connectivity index (χ1n) is 3.86. The van der Waals surface area contributed by atoms with Crippen molar-refractivity contribution in [2.75, 3.05) is 0 Å². The fourth-order valence-electron chi connectivity index (χ4n) is 1.06. The molecule has 1 aromatic rings. The zero-order valence-corrected chi connectivity index (χ0v) is 7.52. The number of nitro benzene ring substituents is 1. The standard InChI is InChI=1S/C8H4F3NO4/c9-8(10,7(13)16-11)5-3-1-2-4-6(5)12(14)15/h1-4H. The third-order valence-electron chi connectivity index (χ3n) is 1.77. The summed E-state index contributed by atoms with van der Waals surface area (Å²) in [6.45, 7) is 0. The normalized spacial score (nSPS) is 10.9. The molecule has 1 rings (SSSR count). The molecule has 0 aliphatic carbocycles. The number of benzene rings is 1. The molecular formula is C8H4F3NO4. The first kappa shape index (κ1) is 12.0. The monoisotopic (exact) mass is 235 g/mol. The van der Waals surface area contributed by atoms with Crippen molar-refractivity contribution in [3.63, 3.8) is 0 Å². The van der Waals surface area contributed by atoms with Gasteiger partial charge in [0.05, 0.1) is 4.92 Å². The Bertz CT molecular complexity index is 435. The maximum absolute atomic E-state index is 13.2. The minimum Gasteiger partial charge on any atom is -0.258 e. The molecule has 0 heterocycles. The van der Waals surface area contributed by atoms with Crippen molar-refractivity contribution in [1.29, 1.82) is 0 Å². The minimum absolute atomic E-state index is 0.648. The van der Waals surface area contributed by atoms with E-state index in [2.05, 4.69) is 4.94 Å². The minimum atomic E-state index is -4.40. The largest absolute Gasteiger partial charge is 0.422 e. The number of halogens is 3. The lowest BCUT2D eigenvalue weighted by atomic mass is 10.1. The lowest BCUT2D eigenvalue weighted by Gasteiger charge is -2.11. The lowest BCUT2D eigenvalue weighted by Crippen LogP contribution is -2.27. The molecule has 0 radical (unpaired) electrons. The van der Waals surface area contributed by atoms with Crippen molar-refractivity contribution < 1.29 is 28.0 Å². The van der Waals surface area contributed by atoms with E-state index in [0.29, 0.717) is 6.07 Å². The van der Waals surface area contributed by atoms with Crippen molar-refractivity contribution in [3.8, 4) is 0 Å². The first-order valence-corrected chi connectivity index (χ1v) is 3.86. The van der Waals surface area contributed by atoms with Gasteiger partial charge < -0.3 is 0 Å². The van der Waals surface area contributed by atoms with Gasteiger partial charge in [-0.2, -0.15) is 8.78 Å². The van der Waals surface area contributed by atoms with Gasteiger partial charge in [-0.05, 0) is 6.07 Å². The van der Waals surface area contributed by atoms with Gasteiger partial charge in [0, 0.05) is 10.6 Å². The van der Waals surface area contributed by atoms with Crippen LogP contribution in [-0.4, -0.2) is 10.9 Å². The Labute approximate surface area is 86.5 Å². The summed E-state index contributed by atoms with van der Waals surface area (Å²) < 4.78 is 37.7. The Balaban J connectivity index is 3.32. The SMILES string of the molecule is O=C(OF)C(F)(F)c1ccccc1[N+](=O)[O-]. The van der Waals surface area contributed by atoms with Gasteiger partial charge in [-0.1, -0.05) is 12.1 Å². The van der Waals surface area contributed by atoms with Crippen molar-refractivity contribution in [2.24, 2.45) is 0 Å². The summed E-state index contributed by atoms with van der Waals surface area (Å²) in [6, 6.07) is 3.62. The molecule has 0 aliphatic heterocycles. The van der Waals surface area contributed by atoms with Crippen LogP contribution in [0.3, 0.4) is 0 Å². The maximum atomic E-state index is 13.2. The number of hydrogen-bond acceptors (Lipinski definition) is 4. The summed E-state index contributed by atoms with van der Waals surface area (Å²) in [6.07, 6.45) is 0. The number of nitrogens with zero attached hydrogens (tertiary/aromatic N) is 1. The van der Waals surface area contributed by atoms with Crippen LogP contribution in [0.4, 0.5) is 19.0 Å². The number of para-hydroxylation sites is 1. The predicted molar refractivity (Wildman–Crippen MR) is 44.2 cm³/mol. The number of carbonyl (C=O) groups is 1. The quantitative estimate of drug-likeness (QED) is 0.594. The van der Waals surface area contributed by atoms with Gasteiger partial charge in [0.15, 0.2) is 0 Å². The van der Waals surface area contributed by atoms with E-state index in [-0.39, 0.29) is 0 Å². The van der Waals surface area contributed by atoms with Gasteiger partial charge in [-0.3, -0.25) is 10.1 Å². The van der Waals surface area contributed by atoms with Crippen LogP contribution in [0.15, 0.2) is 24.3 Å². The Hall–Kier alpha value is -2.12. The molecule has 0 spiro atoms. The average molecular weight is 235 g/mol. The molecule has 0 saturated carbocycles. The zero-order chi connectivity index (χ0) is 12.3. The van der Waals surface area contributed by atoms with E-state index in [1.54, 1.807) is 0 Å². The van der Waals surface area contributed by atoms with E-state index in [4.69, 9.17) is 0 Å². The summed E-state index contributed by atoms with van der Waals surface area (Å²) in [7, 11) is 0. The molecule has 0 amide bonds. The van der Waals surface area contributed by atoms with Gasteiger partial charge in [-0.25, -0.2) is 9.74 Å². The van der Waals surface area contributed by atoms with Gasteiger partial charge >= 0.3 is 11.9 Å². The average Bonchev–Trinajstić information content (AvgIpc) is 2.27. The van der Waals surface area contributed by atoms with E-state index in [1.165, 1.54) is 0 Å². The van der Waals surface area contributed by atoms with Crippen LogP contribution >= 0.6 is 0 Å². The fourth-order valence-corrected chi connectivity index (χ4v) is 1.06. The number of carbonyl (C=O) groups excluding carboxylic acids is 1. The Morgan fingerprint density at radius 1 is 1.38 bits per heavy atom. The molecule has 0 saturated heterocycles. The molecule has 0 aliphatic rings. The zero-order valence-electron chi connectivity index (χ0n) is 7.52. The Morgan fingerprint density at radius 3 is 2.44 bits per heavy atom. The van der Waals surface area contributed by atoms with Crippen molar-refractivity contribution >= 4 is 11.7 Å². The molecule has 0 bridgehead atoms. The molecule has 8 heteroatoms. The van der Waals surface area contributed by atoms with Crippen molar-refractivity contribution in [2.45, 2.75) is 5.92 Å². The molecule has 0 N–H and O–H groups in total. The van der Waals surface area contributed by atoms with E-state index in [9.17, 15) is 28.2 Å². The van der Waals surface area contributed by atoms with Crippen LogP contribution in [0.2, 0.25) is 0 Å². The Kier molecular flexibility index (Phi) is 3.11. The van der Waals surface area contributed by atoms with Crippen LogP contribution < -0.4 is 0 Å². The third kappa shape index (κ3) is 1.95. The van der Waals surface area contributed by atoms with E-state index < -0.39 is 28.1 Å². The third-order valence-corrected chi connectivity index (χ3v) is 1.77. The van der Waals surface area contributed by atoms with Gasteiger partial charge in [0.1, 0.15) is 5.56 Å². The topological polar surface area (TPSA) is 69.4 Å². The lowest BCUT2D eigenvalue weighted by molar-refractivity contribution is -0.387. The molecule has 0 unspecified atom stereocenters. The highest BCUT2D eigenvalue weighted by Crippen LogP contribution is 2.35. The molecule has 0 atom stereocenters. The highest BCUT2D eigenvalue weighted by molar-refractivity contribution is 5.80. The van der Waals surface area contributed by atoms with Crippen LogP contribution in [0.5, 0.6) is 0 Å². The van der Waals surface area contributed by atoms with Crippen molar-refractivity contribution in [3.05, 3.63) is 39.9 Å². The number of nitro groups is 1. The molecule has 16 heavy (non-hydrogen) atoms. The van der Waals surface area contributed by atoms with E-state index in [1.807, 2.05) is 0 Å². The number of alkyl halides is 2. The Morgan fingerprint density at radius 2 is 1.94 bits per heavy atom. The van der Waals surface area contributed by atoms with Crippen LogP contribution in [0, 0.1) is 10.1 Å². The number of hydrogen-bond donors (Lipinski definition) is 0. The molecule has 5 nitrogen and oxygen atoms in total. The van der Waals surface area contributed by atoms with Gasteiger partial charge in [0.25, 0.3) is 5.69 Å². The maximum Gasteiger partial charge on any atom is 0.422 e. The molecule has 86 valence electrons. The first-order chi connectivity index (χ1) is 7.41. The van der Waals surface area contributed by atoms with Gasteiger partial charge in [0.2, 0.25) is 0 Å². The second-order valence-electron chi connectivity index (χ2n) is 2.71. The summed E-state index contributed by atoms with van der Waals surface area (Å²) in [4.78, 5) is 22.1. The van der Waals surface area contributed by atoms with Crippen LogP contribution in [-0.2, 0) is 15.7 Å². The highest BCUT2D eigenvalue weighted by Gasteiger charge is 2.48. The second-order valence-corrected chi connectivity index (χ2v) is 2.71. The predicted octanol–water partition coefficient (Wildman–Crippen LogP) is 2.11.